The van der Waals surface area contributed by atoms with Crippen molar-refractivity contribution in [2.24, 2.45) is 0 Å². The normalized spacial score (nSPS) is 19.0. The number of benzene rings is 2. The van der Waals surface area contributed by atoms with Crippen LogP contribution in [0.2, 0.25) is 0 Å². The van der Waals surface area contributed by atoms with Crippen molar-refractivity contribution in [3.05, 3.63) is 53.1 Å². The highest BCUT2D eigenvalue weighted by Crippen LogP contribution is 2.38. The van der Waals surface area contributed by atoms with E-state index in [4.69, 9.17) is 14.2 Å². The van der Waals surface area contributed by atoms with Crippen LogP contribution in [0.5, 0.6) is 17.2 Å². The summed E-state index contributed by atoms with van der Waals surface area (Å²) in [5.74, 6) is 1.40. The molecule has 1 fully saturated rings. The lowest BCUT2D eigenvalue weighted by Gasteiger charge is -2.16. The predicted octanol–water partition coefficient (Wildman–Crippen LogP) is 2.72. The fourth-order valence-electron chi connectivity index (χ4n) is 3.31. The molecule has 1 heterocycles. The number of ketones is 1. The summed E-state index contributed by atoms with van der Waals surface area (Å²) >= 11 is 0. The topological polar surface area (TPSA) is 68.8 Å². The Morgan fingerprint density at radius 1 is 1.04 bits per heavy atom. The van der Waals surface area contributed by atoms with Crippen molar-refractivity contribution in [3.63, 3.8) is 0 Å². The quantitative estimate of drug-likeness (QED) is 0.731. The lowest BCUT2D eigenvalue weighted by atomic mass is 10.0. The largest absolute Gasteiger partial charge is 0.493 e. The van der Waals surface area contributed by atoms with Crippen molar-refractivity contribution in [3.8, 4) is 17.2 Å². The van der Waals surface area contributed by atoms with E-state index in [0.717, 1.165) is 12.0 Å². The number of hydrogen-bond donors (Lipinski definition) is 2. The Bertz CT molecular complexity index is 779. The van der Waals surface area contributed by atoms with Crippen LogP contribution in [0.25, 0.3) is 0 Å². The van der Waals surface area contributed by atoms with Crippen molar-refractivity contribution >= 4 is 5.78 Å². The van der Waals surface area contributed by atoms with E-state index in [1.54, 1.807) is 19.2 Å². The van der Waals surface area contributed by atoms with Gasteiger partial charge in [0.1, 0.15) is 0 Å². The lowest BCUT2D eigenvalue weighted by molar-refractivity contribution is 0.0954. The average Bonchev–Trinajstić information content (AvgIpc) is 3.22. The van der Waals surface area contributed by atoms with Crippen LogP contribution in [-0.2, 0) is 6.42 Å². The number of hydrogen-bond acceptors (Lipinski definition) is 6. The Hall–Kier alpha value is -2.57. The van der Waals surface area contributed by atoms with Crippen LogP contribution in [0.1, 0.15) is 34.6 Å². The zero-order valence-electron chi connectivity index (χ0n) is 16.2. The molecule has 0 aromatic heterocycles. The molecule has 1 saturated heterocycles. The zero-order valence-corrected chi connectivity index (χ0v) is 16.2. The third-order valence-corrected chi connectivity index (χ3v) is 4.88. The van der Waals surface area contributed by atoms with E-state index < -0.39 is 0 Å². The van der Waals surface area contributed by atoms with Crippen LogP contribution in [0.15, 0.2) is 36.4 Å². The van der Waals surface area contributed by atoms with E-state index in [2.05, 4.69) is 41.8 Å². The van der Waals surface area contributed by atoms with Gasteiger partial charge < -0.3 is 14.2 Å². The molecule has 0 bridgehead atoms. The van der Waals surface area contributed by atoms with Crippen molar-refractivity contribution in [1.82, 2.24) is 10.6 Å². The Balaban J connectivity index is 1.78. The minimum atomic E-state index is -0.330. The third-order valence-electron chi connectivity index (χ3n) is 4.88. The molecular formula is C21H26N2O4. The van der Waals surface area contributed by atoms with Crippen molar-refractivity contribution < 1.29 is 19.0 Å². The molecule has 2 N–H and O–H groups in total. The molecule has 0 aliphatic carbocycles. The molecule has 3 rings (SSSR count). The summed E-state index contributed by atoms with van der Waals surface area (Å²) < 4.78 is 16.0. The first-order chi connectivity index (χ1) is 13.1. The summed E-state index contributed by atoms with van der Waals surface area (Å²) in [6, 6.07) is 11.5. The molecule has 0 radical (unpaired) electrons. The molecule has 0 spiro atoms. The second-order valence-electron chi connectivity index (χ2n) is 6.43. The standard InChI is InChI=1S/C21H26N2O4/c1-5-13-6-8-14(9-7-13)21-22-12-16(23-21)19(24)15-10-17(25-2)20(27-4)18(11-15)26-3/h6-11,16,21-23H,5,12H2,1-4H3. The molecule has 2 atom stereocenters. The van der Waals surface area contributed by atoms with Crippen LogP contribution in [0.4, 0.5) is 0 Å². The van der Waals surface area contributed by atoms with Gasteiger partial charge in [0, 0.05) is 12.1 Å². The Labute approximate surface area is 159 Å². The Morgan fingerprint density at radius 2 is 1.67 bits per heavy atom. The fourth-order valence-corrected chi connectivity index (χ4v) is 3.31. The molecule has 1 aliphatic heterocycles. The summed E-state index contributed by atoms with van der Waals surface area (Å²) in [4.78, 5) is 13.0. The molecular weight excluding hydrogens is 344 g/mol. The third kappa shape index (κ3) is 3.91. The number of ether oxygens (including phenoxy) is 3. The van der Waals surface area contributed by atoms with Gasteiger partial charge in [0.05, 0.1) is 33.5 Å². The van der Waals surface area contributed by atoms with E-state index in [0.29, 0.717) is 29.4 Å². The summed E-state index contributed by atoms with van der Waals surface area (Å²) in [5, 5.41) is 6.74. The number of aryl methyl sites for hydroxylation is 1. The maximum atomic E-state index is 13.0. The van der Waals surface area contributed by atoms with Crippen LogP contribution < -0.4 is 24.8 Å². The van der Waals surface area contributed by atoms with Gasteiger partial charge in [-0.2, -0.15) is 0 Å². The number of Topliss-reactive ketones (excluding diaryl/α,β-unsaturated/α-hetero) is 1. The monoisotopic (exact) mass is 370 g/mol. The molecule has 2 aromatic rings. The van der Waals surface area contributed by atoms with E-state index in [-0.39, 0.29) is 18.0 Å². The average molecular weight is 370 g/mol. The molecule has 0 saturated carbocycles. The molecule has 6 nitrogen and oxygen atoms in total. The van der Waals surface area contributed by atoms with E-state index >= 15 is 0 Å². The Kier molecular flexibility index (Phi) is 5.98. The highest BCUT2D eigenvalue weighted by molar-refractivity contribution is 6.01. The lowest BCUT2D eigenvalue weighted by Crippen LogP contribution is -2.34. The SMILES string of the molecule is CCc1ccc(C2NCC(C(=O)c3cc(OC)c(OC)c(OC)c3)N2)cc1. The molecule has 0 amide bonds. The number of carbonyl (C=O) groups excluding carboxylic acids is 1. The highest BCUT2D eigenvalue weighted by Gasteiger charge is 2.31. The van der Waals surface area contributed by atoms with Gasteiger partial charge in [-0.3, -0.25) is 15.4 Å². The van der Waals surface area contributed by atoms with Gasteiger partial charge in [0.25, 0.3) is 0 Å². The molecule has 2 aromatic carbocycles. The predicted molar refractivity (Wildman–Crippen MR) is 104 cm³/mol. The van der Waals surface area contributed by atoms with Crippen molar-refractivity contribution in [2.45, 2.75) is 25.6 Å². The van der Waals surface area contributed by atoms with Gasteiger partial charge in [-0.15, -0.1) is 0 Å². The first-order valence-corrected chi connectivity index (χ1v) is 9.03. The second-order valence-corrected chi connectivity index (χ2v) is 6.43. The minimum Gasteiger partial charge on any atom is -0.493 e. The number of rotatable bonds is 7. The van der Waals surface area contributed by atoms with Gasteiger partial charge >= 0.3 is 0 Å². The first kappa shape index (κ1) is 19.2. The van der Waals surface area contributed by atoms with Crippen LogP contribution in [0, 0.1) is 0 Å². The summed E-state index contributed by atoms with van der Waals surface area (Å²) in [6.45, 7) is 2.68. The van der Waals surface area contributed by atoms with Crippen molar-refractivity contribution in [2.75, 3.05) is 27.9 Å². The summed E-state index contributed by atoms with van der Waals surface area (Å²) in [6.07, 6.45) is 0.959. The molecule has 27 heavy (non-hydrogen) atoms. The van der Waals surface area contributed by atoms with E-state index in [1.165, 1.54) is 19.8 Å². The van der Waals surface area contributed by atoms with E-state index in [9.17, 15) is 4.79 Å². The van der Waals surface area contributed by atoms with Crippen LogP contribution in [-0.4, -0.2) is 39.7 Å². The van der Waals surface area contributed by atoms with E-state index in [1.807, 2.05) is 0 Å². The summed E-state index contributed by atoms with van der Waals surface area (Å²) in [7, 11) is 4.62. The molecule has 144 valence electrons. The Morgan fingerprint density at radius 3 is 2.19 bits per heavy atom. The maximum Gasteiger partial charge on any atom is 0.203 e. The summed E-state index contributed by atoms with van der Waals surface area (Å²) in [5.41, 5.74) is 2.93. The molecule has 1 aliphatic rings. The number of carbonyl (C=O) groups is 1. The van der Waals surface area contributed by atoms with Gasteiger partial charge in [-0.1, -0.05) is 31.2 Å². The molecule has 2 unspecified atom stereocenters. The van der Waals surface area contributed by atoms with Crippen LogP contribution >= 0.6 is 0 Å². The van der Waals surface area contributed by atoms with Crippen LogP contribution in [0.3, 0.4) is 0 Å². The fraction of sp³-hybridized carbons (Fsp3) is 0.381. The van der Waals surface area contributed by atoms with Gasteiger partial charge in [-0.05, 0) is 29.7 Å². The van der Waals surface area contributed by atoms with Crippen molar-refractivity contribution in [1.29, 1.82) is 0 Å². The first-order valence-electron chi connectivity index (χ1n) is 9.03. The second kappa shape index (κ2) is 8.41. The smallest absolute Gasteiger partial charge is 0.203 e. The molecule has 6 heteroatoms. The minimum absolute atomic E-state index is 0.0190. The van der Waals surface area contributed by atoms with Gasteiger partial charge in [0.15, 0.2) is 17.3 Å². The maximum absolute atomic E-state index is 13.0. The van der Waals surface area contributed by atoms with Gasteiger partial charge in [-0.25, -0.2) is 0 Å². The number of methoxy groups -OCH3 is 3. The van der Waals surface area contributed by atoms with Gasteiger partial charge in [0.2, 0.25) is 5.75 Å². The highest BCUT2D eigenvalue weighted by atomic mass is 16.5. The zero-order chi connectivity index (χ0) is 19.4. The number of nitrogens with one attached hydrogen (secondary N) is 2.